The van der Waals surface area contributed by atoms with E-state index in [2.05, 4.69) is 29.7 Å². The number of sulfonamides is 1. The summed E-state index contributed by atoms with van der Waals surface area (Å²) >= 11 is 4.28. The second-order valence-corrected chi connectivity index (χ2v) is 7.97. The van der Waals surface area contributed by atoms with Crippen LogP contribution in [-0.4, -0.2) is 34.4 Å². The van der Waals surface area contributed by atoms with Gasteiger partial charge in [-0.05, 0) is 11.7 Å². The molecule has 5 nitrogen and oxygen atoms in total. The number of thiol groups is 1. The molecule has 0 bridgehead atoms. The molecule has 1 unspecified atom stereocenters. The normalized spacial score (nSPS) is 17.9. The molecule has 0 radical (unpaired) electrons. The number of aromatic amines is 1. The maximum Gasteiger partial charge on any atom is 0.215 e. The van der Waals surface area contributed by atoms with Crippen LogP contribution in [0.5, 0.6) is 0 Å². The summed E-state index contributed by atoms with van der Waals surface area (Å²) in [5.41, 5.74) is 2.91. The first-order chi connectivity index (χ1) is 8.85. The highest BCUT2D eigenvalue weighted by Crippen LogP contribution is 2.30. The zero-order chi connectivity index (χ0) is 14.2. The number of aromatic nitrogens is 2. The molecule has 0 aromatic carbocycles. The SMILES string of the molecule is CC(C)CS(=O)(=O)N1Cc2[nH]nc(C(C)CS)c2C1. The van der Waals surface area contributed by atoms with Crippen LogP contribution in [0.15, 0.2) is 0 Å². The highest BCUT2D eigenvalue weighted by molar-refractivity contribution is 7.89. The molecule has 1 atom stereocenters. The summed E-state index contributed by atoms with van der Waals surface area (Å²) in [6.07, 6.45) is 0. The molecular formula is C12H21N3O2S2. The van der Waals surface area contributed by atoms with Crippen LogP contribution in [0, 0.1) is 5.92 Å². The third-order valence-electron chi connectivity index (χ3n) is 3.33. The van der Waals surface area contributed by atoms with E-state index >= 15 is 0 Å². The van der Waals surface area contributed by atoms with Gasteiger partial charge in [0.05, 0.1) is 23.7 Å². The molecule has 0 fully saturated rings. The van der Waals surface area contributed by atoms with Gasteiger partial charge in [0.2, 0.25) is 10.0 Å². The molecule has 2 rings (SSSR count). The van der Waals surface area contributed by atoms with E-state index < -0.39 is 10.0 Å². The van der Waals surface area contributed by atoms with Gasteiger partial charge < -0.3 is 0 Å². The van der Waals surface area contributed by atoms with Crippen molar-refractivity contribution in [3.8, 4) is 0 Å². The summed E-state index contributed by atoms with van der Waals surface area (Å²) in [7, 11) is -3.18. The second kappa shape index (κ2) is 5.46. The van der Waals surface area contributed by atoms with E-state index in [1.54, 1.807) is 4.31 Å². The van der Waals surface area contributed by atoms with Crippen molar-refractivity contribution < 1.29 is 8.42 Å². The lowest BCUT2D eigenvalue weighted by atomic mass is 10.1. The molecule has 0 saturated carbocycles. The molecule has 0 spiro atoms. The first kappa shape index (κ1) is 14.9. The fourth-order valence-corrected chi connectivity index (χ4v) is 4.23. The predicted octanol–water partition coefficient (Wildman–Crippen LogP) is 1.74. The second-order valence-electron chi connectivity index (χ2n) is 5.59. The van der Waals surface area contributed by atoms with Crippen LogP contribution in [0.2, 0.25) is 0 Å². The first-order valence-corrected chi connectivity index (χ1v) is 8.74. The number of nitrogens with zero attached hydrogens (tertiary/aromatic N) is 2. The van der Waals surface area contributed by atoms with Gasteiger partial charge in [-0.3, -0.25) is 5.10 Å². The van der Waals surface area contributed by atoms with Crippen molar-refractivity contribution in [3.63, 3.8) is 0 Å². The Kier molecular flexibility index (Phi) is 4.27. The molecular weight excluding hydrogens is 282 g/mol. The molecule has 1 aromatic heterocycles. The van der Waals surface area contributed by atoms with Gasteiger partial charge in [-0.1, -0.05) is 20.8 Å². The third-order valence-corrected chi connectivity index (χ3v) is 6.01. The Labute approximate surface area is 120 Å². The van der Waals surface area contributed by atoms with Crippen molar-refractivity contribution >= 4 is 22.7 Å². The summed E-state index contributed by atoms with van der Waals surface area (Å²) in [5, 5.41) is 7.26. The van der Waals surface area contributed by atoms with Gasteiger partial charge >= 0.3 is 0 Å². The predicted molar refractivity (Wildman–Crippen MR) is 78.7 cm³/mol. The molecule has 108 valence electrons. The highest BCUT2D eigenvalue weighted by atomic mass is 32.2. The van der Waals surface area contributed by atoms with Crippen molar-refractivity contribution in [1.29, 1.82) is 0 Å². The summed E-state index contributed by atoms with van der Waals surface area (Å²) < 4.78 is 26.0. The van der Waals surface area contributed by atoms with E-state index in [0.717, 1.165) is 17.0 Å². The zero-order valence-corrected chi connectivity index (χ0v) is 13.3. The molecule has 2 heterocycles. The minimum Gasteiger partial charge on any atom is -0.281 e. The summed E-state index contributed by atoms with van der Waals surface area (Å²) in [6, 6.07) is 0. The number of hydrogen-bond acceptors (Lipinski definition) is 4. The van der Waals surface area contributed by atoms with Gasteiger partial charge in [-0.25, -0.2) is 8.42 Å². The van der Waals surface area contributed by atoms with E-state index in [0.29, 0.717) is 18.8 Å². The van der Waals surface area contributed by atoms with E-state index in [9.17, 15) is 8.42 Å². The molecule has 0 aliphatic carbocycles. The first-order valence-electron chi connectivity index (χ1n) is 6.49. The lowest BCUT2D eigenvalue weighted by Gasteiger charge is -2.17. The van der Waals surface area contributed by atoms with E-state index in [1.807, 2.05) is 13.8 Å². The Hall–Kier alpha value is -0.530. The fourth-order valence-electron chi connectivity index (χ4n) is 2.35. The number of fused-ring (bicyclic) bond motifs is 1. The van der Waals surface area contributed by atoms with Gasteiger partial charge in [0, 0.05) is 18.0 Å². The molecule has 0 amide bonds. The van der Waals surface area contributed by atoms with E-state index in [-0.39, 0.29) is 17.6 Å². The maximum absolute atomic E-state index is 12.2. The quantitative estimate of drug-likeness (QED) is 0.814. The fraction of sp³-hybridized carbons (Fsp3) is 0.750. The van der Waals surface area contributed by atoms with Crippen LogP contribution in [0.1, 0.15) is 43.6 Å². The number of hydrogen-bond donors (Lipinski definition) is 2. The highest BCUT2D eigenvalue weighted by Gasteiger charge is 2.33. The lowest BCUT2D eigenvalue weighted by Crippen LogP contribution is -2.30. The minimum atomic E-state index is -3.18. The molecule has 1 aliphatic heterocycles. The topological polar surface area (TPSA) is 66.1 Å². The maximum atomic E-state index is 12.2. The van der Waals surface area contributed by atoms with Crippen molar-refractivity contribution in [2.24, 2.45) is 5.92 Å². The molecule has 1 aliphatic rings. The van der Waals surface area contributed by atoms with Gasteiger partial charge in [0.1, 0.15) is 0 Å². The molecule has 7 heteroatoms. The van der Waals surface area contributed by atoms with Crippen LogP contribution < -0.4 is 0 Å². The van der Waals surface area contributed by atoms with Crippen LogP contribution in [0.25, 0.3) is 0 Å². The number of nitrogens with one attached hydrogen (secondary N) is 1. The van der Waals surface area contributed by atoms with Crippen molar-refractivity contribution in [3.05, 3.63) is 17.0 Å². The smallest absolute Gasteiger partial charge is 0.215 e. The Bertz CT molecular complexity index is 551. The average molecular weight is 303 g/mol. The Morgan fingerprint density at radius 1 is 1.37 bits per heavy atom. The summed E-state index contributed by atoms with van der Waals surface area (Å²) in [5.74, 6) is 1.27. The Balaban J connectivity index is 2.19. The van der Waals surface area contributed by atoms with E-state index in [4.69, 9.17) is 0 Å². The van der Waals surface area contributed by atoms with Gasteiger partial charge in [0.15, 0.2) is 0 Å². The molecule has 19 heavy (non-hydrogen) atoms. The molecule has 0 saturated heterocycles. The Morgan fingerprint density at radius 3 is 2.63 bits per heavy atom. The average Bonchev–Trinajstić information content (AvgIpc) is 2.85. The van der Waals surface area contributed by atoms with Crippen LogP contribution in [0.4, 0.5) is 0 Å². The lowest BCUT2D eigenvalue weighted by molar-refractivity contribution is 0.420. The van der Waals surface area contributed by atoms with Gasteiger partial charge in [0.25, 0.3) is 0 Å². The van der Waals surface area contributed by atoms with Crippen molar-refractivity contribution in [1.82, 2.24) is 14.5 Å². The van der Waals surface area contributed by atoms with Crippen LogP contribution >= 0.6 is 12.6 Å². The Morgan fingerprint density at radius 2 is 2.05 bits per heavy atom. The minimum absolute atomic E-state index is 0.137. The van der Waals surface area contributed by atoms with Gasteiger partial charge in [-0.15, -0.1) is 0 Å². The summed E-state index contributed by atoms with van der Waals surface area (Å²) in [6.45, 7) is 6.74. The van der Waals surface area contributed by atoms with Crippen molar-refractivity contribution in [2.45, 2.75) is 39.8 Å². The number of H-pyrrole nitrogens is 1. The van der Waals surface area contributed by atoms with Crippen molar-refractivity contribution in [2.75, 3.05) is 11.5 Å². The zero-order valence-electron chi connectivity index (χ0n) is 11.5. The molecule has 1 N–H and O–H groups in total. The monoisotopic (exact) mass is 303 g/mol. The number of rotatable bonds is 5. The van der Waals surface area contributed by atoms with E-state index in [1.165, 1.54) is 0 Å². The largest absolute Gasteiger partial charge is 0.281 e. The van der Waals surface area contributed by atoms with Crippen LogP contribution in [0.3, 0.4) is 0 Å². The van der Waals surface area contributed by atoms with Gasteiger partial charge in [-0.2, -0.15) is 22.0 Å². The summed E-state index contributed by atoms with van der Waals surface area (Å²) in [4.78, 5) is 0. The van der Waals surface area contributed by atoms with Crippen LogP contribution in [-0.2, 0) is 23.1 Å². The molecule has 1 aromatic rings. The standard InChI is InChI=1S/C12H21N3O2S2/c1-8(2)7-19(16,17)15-4-10-11(5-15)13-14-12(10)9(3)6-18/h8-9,18H,4-7H2,1-3H3,(H,13,14). The third kappa shape index (κ3) is 2.98.